The van der Waals surface area contributed by atoms with Crippen LogP contribution in [0, 0.1) is 0 Å². The molecule has 0 atom stereocenters. The molecule has 1 saturated heterocycles. The Hall–Kier alpha value is -2.23. The molecule has 186 valence electrons. The van der Waals surface area contributed by atoms with Gasteiger partial charge >= 0.3 is 18.3 Å². The summed E-state index contributed by atoms with van der Waals surface area (Å²) >= 11 is 0. The van der Waals surface area contributed by atoms with Crippen LogP contribution in [0.3, 0.4) is 0 Å². The molecule has 1 N–H and O–H groups in total. The molecule has 1 heterocycles. The summed E-state index contributed by atoms with van der Waals surface area (Å²) in [5, 5.41) is 3.25. The van der Waals surface area contributed by atoms with E-state index in [0.29, 0.717) is 32.7 Å². The van der Waals surface area contributed by atoms with Crippen LogP contribution < -0.4 is 5.32 Å². The van der Waals surface area contributed by atoms with Crippen molar-refractivity contribution in [3.05, 3.63) is 0 Å². The molecule has 0 saturated carbocycles. The zero-order chi connectivity index (χ0) is 24.5. The Labute approximate surface area is 192 Å². The zero-order valence-corrected chi connectivity index (χ0v) is 21.0. The van der Waals surface area contributed by atoms with Crippen LogP contribution in [0.15, 0.2) is 0 Å². The number of carbonyl (C=O) groups is 3. The molecule has 0 radical (unpaired) electrons. The van der Waals surface area contributed by atoms with Gasteiger partial charge < -0.3 is 34.2 Å². The molecule has 32 heavy (non-hydrogen) atoms. The van der Waals surface area contributed by atoms with Crippen LogP contribution in [0.5, 0.6) is 0 Å². The van der Waals surface area contributed by atoms with Crippen molar-refractivity contribution in [3.63, 3.8) is 0 Å². The van der Waals surface area contributed by atoms with Crippen molar-refractivity contribution in [2.75, 3.05) is 52.4 Å². The number of hydrogen-bond donors (Lipinski definition) is 1. The van der Waals surface area contributed by atoms with Crippen LogP contribution >= 0.6 is 0 Å². The van der Waals surface area contributed by atoms with Gasteiger partial charge in [-0.2, -0.15) is 0 Å². The monoisotopic (exact) mass is 458 g/mol. The highest BCUT2D eigenvalue weighted by molar-refractivity contribution is 5.70. The van der Waals surface area contributed by atoms with E-state index in [9.17, 15) is 14.4 Å². The van der Waals surface area contributed by atoms with E-state index in [-0.39, 0.29) is 25.7 Å². The Morgan fingerprint density at radius 3 is 1.34 bits per heavy atom. The Morgan fingerprint density at radius 2 is 1.00 bits per heavy atom. The lowest BCUT2D eigenvalue weighted by atomic mass is 10.2. The average molecular weight is 459 g/mol. The van der Waals surface area contributed by atoms with Gasteiger partial charge in [0.05, 0.1) is 6.10 Å². The minimum absolute atomic E-state index is 0.235. The summed E-state index contributed by atoms with van der Waals surface area (Å²) in [5.74, 6) is 0. The maximum absolute atomic E-state index is 12.8. The van der Waals surface area contributed by atoms with Gasteiger partial charge in [-0.1, -0.05) is 0 Å². The summed E-state index contributed by atoms with van der Waals surface area (Å²) < 4.78 is 16.4. The molecule has 1 rings (SSSR count). The number of nitrogens with zero attached hydrogens (tertiary/aromatic N) is 3. The predicted octanol–water partition coefficient (Wildman–Crippen LogP) is 2.91. The van der Waals surface area contributed by atoms with Gasteiger partial charge in [0.15, 0.2) is 0 Å². The fourth-order valence-corrected chi connectivity index (χ4v) is 2.85. The number of hydrogen-bond acceptors (Lipinski definition) is 7. The maximum Gasteiger partial charge on any atom is 0.410 e. The molecule has 0 aromatic heterocycles. The largest absolute Gasteiger partial charge is 0.447 e. The normalized spacial score (nSPS) is 17.3. The first-order valence-electron chi connectivity index (χ1n) is 11.3. The molecular formula is C22H42N4O6. The van der Waals surface area contributed by atoms with Gasteiger partial charge in [0.2, 0.25) is 0 Å². The Kier molecular flexibility index (Phi) is 10.5. The lowest BCUT2D eigenvalue weighted by Crippen LogP contribution is -2.50. The first kappa shape index (κ1) is 27.8. The van der Waals surface area contributed by atoms with Gasteiger partial charge in [-0.15, -0.1) is 0 Å². The molecule has 0 bridgehead atoms. The Balaban J connectivity index is 2.99. The number of nitrogens with one attached hydrogen (secondary N) is 1. The molecule has 0 aromatic rings. The van der Waals surface area contributed by atoms with Gasteiger partial charge in [-0.3, -0.25) is 0 Å². The molecule has 0 aromatic carbocycles. The quantitative estimate of drug-likeness (QED) is 0.603. The summed E-state index contributed by atoms with van der Waals surface area (Å²) in [5.41, 5.74) is -1.28. The molecule has 1 fully saturated rings. The summed E-state index contributed by atoms with van der Waals surface area (Å²) in [7, 11) is 0. The van der Waals surface area contributed by atoms with Crippen molar-refractivity contribution in [1.29, 1.82) is 0 Å². The molecule has 1 aliphatic rings. The van der Waals surface area contributed by atoms with Crippen molar-refractivity contribution in [2.45, 2.75) is 72.7 Å². The molecule has 0 aliphatic carbocycles. The summed E-state index contributed by atoms with van der Waals surface area (Å²) in [6.07, 6.45) is -1.57. The van der Waals surface area contributed by atoms with Crippen molar-refractivity contribution in [2.24, 2.45) is 0 Å². The van der Waals surface area contributed by atoms with Gasteiger partial charge in [0.1, 0.15) is 11.2 Å². The van der Waals surface area contributed by atoms with E-state index < -0.39 is 29.5 Å². The minimum atomic E-state index is -0.661. The molecule has 1 aliphatic heterocycles. The first-order valence-corrected chi connectivity index (χ1v) is 11.3. The average Bonchev–Trinajstić information content (AvgIpc) is 2.58. The molecule has 10 heteroatoms. The molecular weight excluding hydrogens is 416 g/mol. The SMILES string of the molecule is CC(C)OC(=O)N1CCNCCN(C(=O)OC(C)(C)C)CCN(C(=O)OC(C)(C)C)CC1. The predicted molar refractivity (Wildman–Crippen MR) is 122 cm³/mol. The van der Waals surface area contributed by atoms with Gasteiger partial charge in [-0.05, 0) is 55.4 Å². The van der Waals surface area contributed by atoms with E-state index in [0.717, 1.165) is 0 Å². The molecule has 3 amide bonds. The summed E-state index contributed by atoms with van der Waals surface area (Å²) in [6.45, 7) is 17.4. The minimum Gasteiger partial charge on any atom is -0.447 e. The maximum atomic E-state index is 12.8. The molecule has 10 nitrogen and oxygen atoms in total. The fraction of sp³-hybridized carbons (Fsp3) is 0.864. The second kappa shape index (κ2) is 12.1. The van der Waals surface area contributed by atoms with Crippen LogP contribution in [0.4, 0.5) is 14.4 Å². The van der Waals surface area contributed by atoms with E-state index in [1.807, 2.05) is 20.8 Å². The van der Waals surface area contributed by atoms with Gasteiger partial charge in [-0.25, -0.2) is 14.4 Å². The van der Waals surface area contributed by atoms with Crippen molar-refractivity contribution in [1.82, 2.24) is 20.0 Å². The molecule has 0 unspecified atom stereocenters. The third-order valence-electron chi connectivity index (χ3n) is 4.29. The summed E-state index contributed by atoms with van der Waals surface area (Å²) in [4.78, 5) is 42.6. The lowest BCUT2D eigenvalue weighted by Gasteiger charge is -2.33. The number of amides is 3. The van der Waals surface area contributed by atoms with Crippen molar-refractivity contribution >= 4 is 18.3 Å². The smallest absolute Gasteiger partial charge is 0.410 e. The van der Waals surface area contributed by atoms with Crippen LogP contribution in [-0.4, -0.2) is 103 Å². The highest BCUT2D eigenvalue weighted by Gasteiger charge is 2.27. The van der Waals surface area contributed by atoms with E-state index in [1.54, 1.807) is 44.4 Å². The fourth-order valence-electron chi connectivity index (χ4n) is 2.85. The van der Waals surface area contributed by atoms with E-state index in [2.05, 4.69) is 5.32 Å². The highest BCUT2D eigenvalue weighted by atomic mass is 16.6. The molecule has 0 spiro atoms. The van der Waals surface area contributed by atoms with Crippen LogP contribution in [0.25, 0.3) is 0 Å². The second-order valence-corrected chi connectivity index (χ2v) is 10.1. The van der Waals surface area contributed by atoms with Crippen LogP contribution in [-0.2, 0) is 14.2 Å². The third-order valence-corrected chi connectivity index (χ3v) is 4.29. The van der Waals surface area contributed by atoms with E-state index >= 15 is 0 Å². The Morgan fingerprint density at radius 1 is 0.656 bits per heavy atom. The van der Waals surface area contributed by atoms with E-state index in [1.165, 1.54) is 4.90 Å². The Bertz CT molecular complexity index is 627. The van der Waals surface area contributed by atoms with Crippen LogP contribution in [0.2, 0.25) is 0 Å². The topological polar surface area (TPSA) is 101 Å². The van der Waals surface area contributed by atoms with E-state index in [4.69, 9.17) is 14.2 Å². The van der Waals surface area contributed by atoms with Crippen molar-refractivity contribution in [3.8, 4) is 0 Å². The third kappa shape index (κ3) is 11.4. The second-order valence-electron chi connectivity index (χ2n) is 10.1. The number of carbonyl (C=O) groups excluding carboxylic acids is 3. The van der Waals surface area contributed by atoms with Crippen molar-refractivity contribution < 1.29 is 28.6 Å². The lowest BCUT2D eigenvalue weighted by molar-refractivity contribution is 0.0114. The standard InChI is InChI=1S/C22H42N4O6/c1-17(2)30-18(27)24-11-9-23-10-12-25(19(28)31-21(3,4)5)14-16-26(15-13-24)20(29)32-22(6,7)8/h17,23H,9-16H2,1-8H3. The highest BCUT2D eigenvalue weighted by Crippen LogP contribution is 2.13. The van der Waals surface area contributed by atoms with Gasteiger partial charge in [0.25, 0.3) is 0 Å². The summed E-state index contributed by atoms with van der Waals surface area (Å²) in [6, 6.07) is 0. The first-order chi connectivity index (χ1) is 14.7. The zero-order valence-electron chi connectivity index (χ0n) is 21.0. The van der Waals surface area contributed by atoms with Crippen LogP contribution in [0.1, 0.15) is 55.4 Å². The number of ether oxygens (including phenoxy) is 3. The number of rotatable bonds is 1. The van der Waals surface area contributed by atoms with Gasteiger partial charge in [0, 0.05) is 52.4 Å².